The van der Waals surface area contributed by atoms with E-state index in [0.717, 1.165) is 0 Å². The van der Waals surface area contributed by atoms with E-state index in [2.05, 4.69) is 0 Å². The van der Waals surface area contributed by atoms with Crippen molar-refractivity contribution in [3.05, 3.63) is 0 Å². The van der Waals surface area contributed by atoms with Gasteiger partial charge >= 0.3 is 5.30 Å². The zero-order valence-electron chi connectivity index (χ0n) is 5.16. The van der Waals surface area contributed by atoms with E-state index in [1.54, 1.807) is 0 Å². The van der Waals surface area contributed by atoms with E-state index < -0.39 is 0 Å². The fourth-order valence-electron chi connectivity index (χ4n) is 0.715. The van der Waals surface area contributed by atoms with Crippen molar-refractivity contribution in [2.24, 2.45) is 5.73 Å². The first-order chi connectivity index (χ1) is 4.24. The highest BCUT2D eigenvalue weighted by Crippen LogP contribution is 2.26. The summed E-state index contributed by atoms with van der Waals surface area (Å²) in [6, 6.07) is 0. The Balaban J connectivity index is 2.47. The minimum Gasteiger partial charge on any atom is -0.452 e. The third kappa shape index (κ3) is 1.37. The molecule has 2 unspecified atom stereocenters. The quantitative estimate of drug-likeness (QED) is 0.551. The van der Waals surface area contributed by atoms with Gasteiger partial charge in [-0.05, 0) is 18.7 Å². The van der Waals surface area contributed by atoms with Crippen molar-refractivity contribution in [2.75, 3.05) is 6.54 Å². The lowest BCUT2D eigenvalue weighted by atomic mass is 10.3. The third-order valence-corrected chi connectivity index (χ3v) is 2.25. The molecule has 52 valence electrons. The number of rotatable bonds is 1. The van der Waals surface area contributed by atoms with E-state index in [-0.39, 0.29) is 16.7 Å². The van der Waals surface area contributed by atoms with Crippen molar-refractivity contribution in [3.8, 4) is 0 Å². The molecule has 0 aromatic carbocycles. The van der Waals surface area contributed by atoms with E-state index in [1.165, 1.54) is 11.8 Å². The molecule has 0 aliphatic carbocycles. The van der Waals surface area contributed by atoms with Crippen LogP contribution in [-0.2, 0) is 4.74 Å². The van der Waals surface area contributed by atoms with E-state index in [1.807, 2.05) is 6.92 Å². The van der Waals surface area contributed by atoms with Gasteiger partial charge in [0, 0.05) is 6.54 Å². The van der Waals surface area contributed by atoms with Gasteiger partial charge in [-0.1, -0.05) is 0 Å². The first-order valence-corrected chi connectivity index (χ1v) is 3.69. The SMILES string of the molecule is CC1SC(=O)OC1CN. The van der Waals surface area contributed by atoms with Crippen LogP contribution in [0.5, 0.6) is 0 Å². The number of ether oxygens (including phenoxy) is 1. The van der Waals surface area contributed by atoms with Crippen LogP contribution in [0.25, 0.3) is 0 Å². The summed E-state index contributed by atoms with van der Waals surface area (Å²) in [7, 11) is 0. The van der Waals surface area contributed by atoms with Crippen LogP contribution in [0.4, 0.5) is 4.79 Å². The Kier molecular flexibility index (Phi) is 1.97. The van der Waals surface area contributed by atoms with Crippen molar-refractivity contribution in [1.29, 1.82) is 0 Å². The van der Waals surface area contributed by atoms with Crippen molar-refractivity contribution < 1.29 is 9.53 Å². The molecule has 2 N–H and O–H groups in total. The zero-order valence-corrected chi connectivity index (χ0v) is 5.98. The maximum atomic E-state index is 10.5. The van der Waals surface area contributed by atoms with E-state index in [4.69, 9.17) is 10.5 Å². The van der Waals surface area contributed by atoms with E-state index in [9.17, 15) is 4.79 Å². The summed E-state index contributed by atoms with van der Waals surface area (Å²) in [5, 5.41) is 0.0282. The molecule has 0 radical (unpaired) electrons. The van der Waals surface area contributed by atoms with E-state index >= 15 is 0 Å². The van der Waals surface area contributed by atoms with Crippen LogP contribution in [0, 0.1) is 0 Å². The second-order valence-corrected chi connectivity index (χ2v) is 3.28. The molecule has 4 heteroatoms. The Labute approximate surface area is 57.9 Å². The van der Waals surface area contributed by atoms with Gasteiger partial charge in [-0.3, -0.25) is 0 Å². The Morgan fingerprint density at radius 2 is 2.56 bits per heavy atom. The fraction of sp³-hybridized carbons (Fsp3) is 0.800. The monoisotopic (exact) mass is 147 g/mol. The number of carbonyl (C=O) groups excluding carboxylic acids is 1. The standard InChI is InChI=1S/C5H9NO2S/c1-3-4(2-6)8-5(7)9-3/h3-4H,2,6H2,1H3. The zero-order chi connectivity index (χ0) is 6.85. The highest BCUT2D eigenvalue weighted by Gasteiger charge is 2.30. The largest absolute Gasteiger partial charge is 0.452 e. The summed E-state index contributed by atoms with van der Waals surface area (Å²) >= 11 is 1.21. The summed E-state index contributed by atoms with van der Waals surface area (Å²) in [4.78, 5) is 10.5. The summed E-state index contributed by atoms with van der Waals surface area (Å²) in [6.45, 7) is 2.37. The summed E-state index contributed by atoms with van der Waals surface area (Å²) in [5.74, 6) is 0. The average Bonchev–Trinajstić information content (AvgIpc) is 2.10. The summed E-state index contributed by atoms with van der Waals surface area (Å²) < 4.78 is 4.82. The smallest absolute Gasteiger partial charge is 0.368 e. The predicted octanol–water partition coefficient (Wildman–Crippen LogP) is 0.586. The molecular weight excluding hydrogens is 138 g/mol. The predicted molar refractivity (Wildman–Crippen MR) is 36.4 cm³/mol. The molecule has 0 spiro atoms. The fourth-order valence-corrected chi connectivity index (χ4v) is 1.52. The molecule has 2 atom stereocenters. The number of nitrogens with two attached hydrogens (primary N) is 1. The minimum absolute atomic E-state index is 0.0671. The lowest BCUT2D eigenvalue weighted by Crippen LogP contribution is -2.26. The van der Waals surface area contributed by atoms with Crippen molar-refractivity contribution >= 4 is 17.1 Å². The van der Waals surface area contributed by atoms with Crippen molar-refractivity contribution in [2.45, 2.75) is 18.3 Å². The molecule has 3 nitrogen and oxygen atoms in total. The maximum absolute atomic E-state index is 10.5. The highest BCUT2D eigenvalue weighted by atomic mass is 32.2. The van der Waals surface area contributed by atoms with E-state index in [0.29, 0.717) is 6.54 Å². The van der Waals surface area contributed by atoms with Crippen LogP contribution in [0.1, 0.15) is 6.92 Å². The molecule has 1 heterocycles. The van der Waals surface area contributed by atoms with Crippen LogP contribution >= 0.6 is 11.8 Å². The maximum Gasteiger partial charge on any atom is 0.368 e. The Morgan fingerprint density at radius 3 is 2.78 bits per heavy atom. The molecular formula is C5H9NO2S. The first-order valence-electron chi connectivity index (χ1n) is 2.81. The van der Waals surface area contributed by atoms with Gasteiger partial charge in [0.05, 0.1) is 5.25 Å². The first kappa shape index (κ1) is 6.89. The van der Waals surface area contributed by atoms with Crippen LogP contribution in [0.15, 0.2) is 0 Å². The van der Waals surface area contributed by atoms with Crippen LogP contribution < -0.4 is 5.73 Å². The molecule has 9 heavy (non-hydrogen) atoms. The third-order valence-electron chi connectivity index (χ3n) is 1.29. The average molecular weight is 147 g/mol. The molecule has 0 amide bonds. The van der Waals surface area contributed by atoms with Gasteiger partial charge < -0.3 is 10.5 Å². The van der Waals surface area contributed by atoms with Gasteiger partial charge in [-0.2, -0.15) is 0 Å². The van der Waals surface area contributed by atoms with Gasteiger partial charge in [0.2, 0.25) is 0 Å². The number of hydrogen-bond acceptors (Lipinski definition) is 4. The summed E-state index contributed by atoms with van der Waals surface area (Å²) in [5.41, 5.74) is 5.30. The molecule has 1 rings (SSSR count). The Hall–Kier alpha value is -0.220. The normalized spacial score (nSPS) is 34.7. The number of carbonyl (C=O) groups is 1. The van der Waals surface area contributed by atoms with Crippen LogP contribution in [-0.4, -0.2) is 23.2 Å². The Morgan fingerprint density at radius 1 is 1.89 bits per heavy atom. The molecule has 1 aliphatic heterocycles. The summed E-state index contributed by atoms with van der Waals surface area (Å²) in [6.07, 6.45) is -0.0671. The lowest BCUT2D eigenvalue weighted by molar-refractivity contribution is 0.138. The number of hydrogen-bond donors (Lipinski definition) is 1. The van der Waals surface area contributed by atoms with Crippen LogP contribution in [0.2, 0.25) is 0 Å². The Bertz CT molecular complexity index is 128. The molecule has 1 saturated heterocycles. The molecule has 0 aromatic heterocycles. The molecule has 0 saturated carbocycles. The second kappa shape index (κ2) is 2.58. The van der Waals surface area contributed by atoms with Gasteiger partial charge in [-0.15, -0.1) is 0 Å². The van der Waals surface area contributed by atoms with Crippen molar-refractivity contribution in [1.82, 2.24) is 0 Å². The molecule has 0 bridgehead atoms. The molecule has 0 aromatic rings. The lowest BCUT2D eigenvalue weighted by Gasteiger charge is -2.07. The topological polar surface area (TPSA) is 52.3 Å². The second-order valence-electron chi connectivity index (χ2n) is 1.96. The van der Waals surface area contributed by atoms with Gasteiger partial charge in [0.25, 0.3) is 0 Å². The molecule has 1 aliphatic rings. The van der Waals surface area contributed by atoms with Gasteiger partial charge in [0.15, 0.2) is 0 Å². The van der Waals surface area contributed by atoms with Crippen molar-refractivity contribution in [3.63, 3.8) is 0 Å². The van der Waals surface area contributed by atoms with Crippen LogP contribution in [0.3, 0.4) is 0 Å². The van der Waals surface area contributed by atoms with Gasteiger partial charge in [-0.25, -0.2) is 4.79 Å². The van der Waals surface area contributed by atoms with Gasteiger partial charge in [0.1, 0.15) is 6.10 Å². The number of cyclic esters (lactones) is 1. The number of thioether (sulfide) groups is 1. The minimum atomic E-state index is -0.196. The highest BCUT2D eigenvalue weighted by molar-refractivity contribution is 8.14. The molecule has 1 fully saturated rings.